The molecular formula is C11H12F3N. The number of nitrogens with one attached hydrogen (secondary N) is 1. The molecule has 0 radical (unpaired) electrons. The van der Waals surface area contributed by atoms with Crippen molar-refractivity contribution in [3.05, 3.63) is 29.6 Å². The molecule has 0 aliphatic heterocycles. The third-order valence-electron chi connectivity index (χ3n) is 2.71. The van der Waals surface area contributed by atoms with Crippen molar-refractivity contribution in [2.75, 3.05) is 5.32 Å². The number of anilines is 1. The predicted molar refractivity (Wildman–Crippen MR) is 52.2 cm³/mol. The average Bonchev–Trinajstić information content (AvgIpc) is 2.66. The van der Waals surface area contributed by atoms with Crippen molar-refractivity contribution in [2.45, 2.75) is 31.7 Å². The van der Waals surface area contributed by atoms with E-state index in [4.69, 9.17) is 0 Å². The molecule has 0 saturated heterocycles. The molecule has 1 aliphatic rings. The highest BCUT2D eigenvalue weighted by atomic mass is 19.2. The molecule has 1 fully saturated rings. The molecule has 4 heteroatoms. The fourth-order valence-electron chi connectivity index (χ4n) is 1.94. The maximum absolute atomic E-state index is 12.9. The quantitative estimate of drug-likeness (QED) is 0.745. The van der Waals surface area contributed by atoms with Gasteiger partial charge in [-0.05, 0) is 12.8 Å². The Morgan fingerprint density at radius 1 is 1.00 bits per heavy atom. The molecule has 82 valence electrons. The second kappa shape index (κ2) is 4.13. The van der Waals surface area contributed by atoms with Crippen molar-refractivity contribution in [1.82, 2.24) is 0 Å². The Bertz CT molecular complexity index is 336. The first-order chi connectivity index (χ1) is 7.16. The lowest BCUT2D eigenvalue weighted by molar-refractivity contribution is 0.447. The molecule has 0 atom stereocenters. The van der Waals surface area contributed by atoms with Gasteiger partial charge in [0.1, 0.15) is 0 Å². The van der Waals surface area contributed by atoms with E-state index in [2.05, 4.69) is 5.32 Å². The minimum Gasteiger partial charge on any atom is -0.382 e. The molecule has 1 nitrogen and oxygen atoms in total. The molecule has 0 heterocycles. The smallest absolute Gasteiger partial charge is 0.194 e. The van der Waals surface area contributed by atoms with E-state index in [0.717, 1.165) is 37.8 Å². The summed E-state index contributed by atoms with van der Waals surface area (Å²) in [7, 11) is 0. The zero-order valence-electron chi connectivity index (χ0n) is 8.19. The van der Waals surface area contributed by atoms with Gasteiger partial charge in [-0.1, -0.05) is 12.8 Å². The first-order valence-corrected chi connectivity index (χ1v) is 5.08. The van der Waals surface area contributed by atoms with E-state index in [0.29, 0.717) is 5.69 Å². The molecule has 0 unspecified atom stereocenters. The summed E-state index contributed by atoms with van der Waals surface area (Å²) in [6.07, 6.45) is 4.26. The number of rotatable bonds is 2. The van der Waals surface area contributed by atoms with Crippen molar-refractivity contribution in [1.29, 1.82) is 0 Å². The number of halogens is 3. The van der Waals surface area contributed by atoms with E-state index in [1.807, 2.05) is 0 Å². The van der Waals surface area contributed by atoms with E-state index in [1.54, 1.807) is 0 Å². The van der Waals surface area contributed by atoms with Crippen molar-refractivity contribution in [3.63, 3.8) is 0 Å². The van der Waals surface area contributed by atoms with Crippen LogP contribution in [0.2, 0.25) is 0 Å². The zero-order chi connectivity index (χ0) is 10.8. The normalized spacial score (nSPS) is 17.0. The molecule has 0 aromatic heterocycles. The lowest BCUT2D eigenvalue weighted by atomic mass is 10.2. The van der Waals surface area contributed by atoms with Crippen LogP contribution >= 0.6 is 0 Å². The van der Waals surface area contributed by atoms with Gasteiger partial charge in [0.05, 0.1) is 0 Å². The van der Waals surface area contributed by atoms with Crippen LogP contribution in [0.1, 0.15) is 25.7 Å². The molecule has 2 rings (SSSR count). The van der Waals surface area contributed by atoms with Crippen molar-refractivity contribution in [2.24, 2.45) is 0 Å². The van der Waals surface area contributed by atoms with Crippen LogP contribution in [0.4, 0.5) is 18.9 Å². The number of hydrogen-bond acceptors (Lipinski definition) is 1. The highest BCUT2D eigenvalue weighted by molar-refractivity contribution is 5.45. The molecule has 1 aromatic carbocycles. The van der Waals surface area contributed by atoms with Gasteiger partial charge in [0.15, 0.2) is 17.5 Å². The summed E-state index contributed by atoms with van der Waals surface area (Å²) in [5, 5.41) is 3.00. The van der Waals surface area contributed by atoms with Gasteiger partial charge in [0.25, 0.3) is 0 Å². The van der Waals surface area contributed by atoms with Crippen molar-refractivity contribution < 1.29 is 13.2 Å². The number of benzene rings is 1. The maximum Gasteiger partial charge on any atom is 0.194 e. The summed E-state index contributed by atoms with van der Waals surface area (Å²) in [5.74, 6) is -3.70. The third-order valence-corrected chi connectivity index (χ3v) is 2.71. The second-order valence-electron chi connectivity index (χ2n) is 3.88. The fraction of sp³-hybridized carbons (Fsp3) is 0.455. The van der Waals surface area contributed by atoms with Gasteiger partial charge in [-0.2, -0.15) is 0 Å². The van der Waals surface area contributed by atoms with Crippen LogP contribution in [0, 0.1) is 17.5 Å². The van der Waals surface area contributed by atoms with Gasteiger partial charge in [0.2, 0.25) is 0 Å². The molecule has 1 N–H and O–H groups in total. The fourth-order valence-corrected chi connectivity index (χ4v) is 1.94. The Hall–Kier alpha value is -1.19. The molecule has 1 aliphatic carbocycles. The van der Waals surface area contributed by atoms with Crippen LogP contribution in [0.3, 0.4) is 0 Å². The van der Waals surface area contributed by atoms with E-state index < -0.39 is 17.5 Å². The lowest BCUT2D eigenvalue weighted by Gasteiger charge is -2.13. The Morgan fingerprint density at radius 2 is 1.53 bits per heavy atom. The molecule has 0 amide bonds. The predicted octanol–water partition coefficient (Wildman–Crippen LogP) is 3.46. The monoisotopic (exact) mass is 215 g/mol. The molecule has 1 aromatic rings. The van der Waals surface area contributed by atoms with Crippen LogP contribution < -0.4 is 5.32 Å². The Kier molecular flexibility index (Phi) is 2.84. The first-order valence-electron chi connectivity index (χ1n) is 5.08. The van der Waals surface area contributed by atoms with E-state index in [1.165, 1.54) is 0 Å². The van der Waals surface area contributed by atoms with Gasteiger partial charge in [0, 0.05) is 23.9 Å². The highest BCUT2D eigenvalue weighted by Gasteiger charge is 2.16. The van der Waals surface area contributed by atoms with Crippen LogP contribution in [-0.4, -0.2) is 6.04 Å². The van der Waals surface area contributed by atoms with Gasteiger partial charge in [-0.15, -0.1) is 0 Å². The van der Waals surface area contributed by atoms with Gasteiger partial charge in [-0.25, -0.2) is 13.2 Å². The Balaban J connectivity index is 2.14. The standard InChI is InChI=1S/C11H12F3N/c12-9-5-8(6-10(13)11(9)14)15-7-3-1-2-4-7/h5-7,15H,1-4H2. The van der Waals surface area contributed by atoms with E-state index in [-0.39, 0.29) is 6.04 Å². The average molecular weight is 215 g/mol. The summed E-state index contributed by atoms with van der Waals surface area (Å²) in [6, 6.07) is 2.25. The van der Waals surface area contributed by atoms with E-state index in [9.17, 15) is 13.2 Å². The topological polar surface area (TPSA) is 12.0 Å². The molecule has 0 bridgehead atoms. The molecular weight excluding hydrogens is 203 g/mol. The van der Waals surface area contributed by atoms with E-state index >= 15 is 0 Å². The summed E-state index contributed by atoms with van der Waals surface area (Å²) >= 11 is 0. The van der Waals surface area contributed by atoms with Crippen LogP contribution in [-0.2, 0) is 0 Å². The maximum atomic E-state index is 12.9. The summed E-state index contributed by atoms with van der Waals surface area (Å²) in [4.78, 5) is 0. The molecule has 0 spiro atoms. The first kappa shape index (κ1) is 10.3. The SMILES string of the molecule is Fc1cc(NC2CCCC2)cc(F)c1F. The van der Waals surface area contributed by atoms with Gasteiger partial charge in [-0.3, -0.25) is 0 Å². The molecule has 1 saturated carbocycles. The van der Waals surface area contributed by atoms with Crippen LogP contribution in [0.25, 0.3) is 0 Å². The minimum absolute atomic E-state index is 0.259. The van der Waals surface area contributed by atoms with Gasteiger partial charge >= 0.3 is 0 Å². The number of hydrogen-bond donors (Lipinski definition) is 1. The zero-order valence-corrected chi connectivity index (χ0v) is 8.19. The van der Waals surface area contributed by atoms with Crippen molar-refractivity contribution in [3.8, 4) is 0 Å². The van der Waals surface area contributed by atoms with Crippen molar-refractivity contribution >= 4 is 5.69 Å². The largest absolute Gasteiger partial charge is 0.382 e. The summed E-state index contributed by atoms with van der Waals surface area (Å²) in [5.41, 5.74) is 0.318. The minimum atomic E-state index is -1.41. The third kappa shape index (κ3) is 2.25. The Morgan fingerprint density at radius 3 is 2.07 bits per heavy atom. The molecule has 15 heavy (non-hydrogen) atoms. The van der Waals surface area contributed by atoms with Crippen LogP contribution in [0.15, 0.2) is 12.1 Å². The van der Waals surface area contributed by atoms with Crippen LogP contribution in [0.5, 0.6) is 0 Å². The Labute approximate surface area is 86.3 Å². The van der Waals surface area contributed by atoms with Gasteiger partial charge < -0.3 is 5.32 Å². The second-order valence-corrected chi connectivity index (χ2v) is 3.88. The lowest BCUT2D eigenvalue weighted by Crippen LogP contribution is -2.15. The summed E-state index contributed by atoms with van der Waals surface area (Å²) < 4.78 is 38.4. The summed E-state index contributed by atoms with van der Waals surface area (Å²) in [6.45, 7) is 0. The highest BCUT2D eigenvalue weighted by Crippen LogP contribution is 2.24.